The van der Waals surface area contributed by atoms with Gasteiger partial charge in [0.2, 0.25) is 17.8 Å². The molecule has 14 nitrogen and oxygen atoms in total. The Morgan fingerprint density at radius 3 is 2.44 bits per heavy atom. The van der Waals surface area contributed by atoms with Crippen LogP contribution in [0.15, 0.2) is 42.6 Å². The van der Waals surface area contributed by atoms with Crippen LogP contribution in [0.3, 0.4) is 0 Å². The van der Waals surface area contributed by atoms with Gasteiger partial charge in [0, 0.05) is 50.7 Å². The molecule has 0 bridgehead atoms. The minimum absolute atomic E-state index is 0.0913. The van der Waals surface area contributed by atoms with E-state index in [1.165, 1.54) is 26.4 Å². The molecule has 3 N–H and O–H groups in total. The molecule has 62 heavy (non-hydrogen) atoms. The summed E-state index contributed by atoms with van der Waals surface area (Å²) in [4.78, 5) is 66.2. The summed E-state index contributed by atoms with van der Waals surface area (Å²) in [6.07, 6.45) is 10.2. The number of ether oxygens (including phenoxy) is 1. The second-order valence-electron chi connectivity index (χ2n) is 18.1. The summed E-state index contributed by atoms with van der Waals surface area (Å²) in [5.41, 5.74) is 2.41. The molecule has 2 unspecified atom stereocenters. The van der Waals surface area contributed by atoms with Gasteiger partial charge < -0.3 is 35.0 Å². The van der Waals surface area contributed by atoms with Crippen LogP contribution in [0.1, 0.15) is 92.5 Å². The Kier molecular flexibility index (Phi) is 11.3. The Morgan fingerprint density at radius 1 is 0.968 bits per heavy atom. The largest absolute Gasteiger partial charge is 0.495 e. The van der Waals surface area contributed by atoms with Crippen molar-refractivity contribution in [1.82, 2.24) is 25.5 Å². The molecule has 2 aliphatic carbocycles. The number of anilines is 5. The third-order valence-corrected chi connectivity index (χ3v) is 14.3. The Morgan fingerprint density at radius 2 is 1.73 bits per heavy atom. The molecular weight excluding hydrogens is 804 g/mol. The van der Waals surface area contributed by atoms with Crippen molar-refractivity contribution < 1.29 is 37.1 Å². The highest BCUT2D eigenvalue weighted by molar-refractivity contribution is 6.02. The van der Waals surface area contributed by atoms with Gasteiger partial charge in [-0.2, -0.15) is 13.8 Å². The Bertz CT molecular complexity index is 2240. The van der Waals surface area contributed by atoms with Crippen molar-refractivity contribution in [3.05, 3.63) is 59.5 Å². The van der Waals surface area contributed by atoms with Gasteiger partial charge in [-0.25, -0.2) is 9.37 Å². The summed E-state index contributed by atoms with van der Waals surface area (Å²) in [5, 5.41) is 8.75. The molecule has 2 saturated carbocycles. The van der Waals surface area contributed by atoms with Crippen LogP contribution in [0, 0.1) is 17.2 Å². The molecule has 4 amide bonds. The zero-order valence-electron chi connectivity index (χ0n) is 35.2. The van der Waals surface area contributed by atoms with E-state index in [2.05, 4.69) is 35.7 Å². The number of piperidine rings is 3. The van der Waals surface area contributed by atoms with Crippen molar-refractivity contribution in [2.75, 3.05) is 73.4 Å². The van der Waals surface area contributed by atoms with Gasteiger partial charge in [-0.05, 0) is 112 Å². The number of hydrogen-bond acceptors (Lipinski definition) is 11. The van der Waals surface area contributed by atoms with E-state index in [0.717, 1.165) is 95.4 Å². The zero-order chi connectivity index (χ0) is 43.3. The van der Waals surface area contributed by atoms with E-state index in [1.54, 1.807) is 29.2 Å². The first-order valence-corrected chi connectivity index (χ1v) is 22.0. The highest BCUT2D eigenvalue weighted by Gasteiger charge is 2.55. The van der Waals surface area contributed by atoms with Gasteiger partial charge in [-0.3, -0.25) is 24.5 Å². The number of methoxy groups -OCH3 is 1. The van der Waals surface area contributed by atoms with Crippen LogP contribution in [-0.4, -0.2) is 110 Å². The lowest BCUT2D eigenvalue weighted by atomic mass is 9.89. The van der Waals surface area contributed by atoms with E-state index in [-0.39, 0.29) is 64.9 Å². The number of alkyl halides is 2. The van der Waals surface area contributed by atoms with E-state index < -0.39 is 24.3 Å². The van der Waals surface area contributed by atoms with E-state index in [1.807, 2.05) is 6.07 Å². The van der Waals surface area contributed by atoms with Crippen LogP contribution in [0.2, 0.25) is 0 Å². The second kappa shape index (κ2) is 16.7. The second-order valence-corrected chi connectivity index (χ2v) is 18.1. The summed E-state index contributed by atoms with van der Waals surface area (Å²) in [7, 11) is 2.82. The summed E-state index contributed by atoms with van der Waals surface area (Å²) in [6, 6.07) is 10.0. The van der Waals surface area contributed by atoms with Crippen molar-refractivity contribution in [1.29, 1.82) is 0 Å². The lowest BCUT2D eigenvalue weighted by Gasteiger charge is -2.39. The number of amides is 4. The molecule has 5 fully saturated rings. The first kappa shape index (κ1) is 41.9. The number of imide groups is 1. The third-order valence-electron chi connectivity index (χ3n) is 14.3. The van der Waals surface area contributed by atoms with Crippen LogP contribution in [0.25, 0.3) is 0 Å². The Hall–Kier alpha value is -5.45. The molecule has 1 spiro atoms. The molecule has 6 aliphatic rings. The molecule has 2 atom stereocenters. The SMILES string of the molecule is COc1cc(C(=O)NC2CC23CCN(CC2CCN(c4ccc(C5CCC(=O)NC5=O)cc4F)CC2)CC3)ccc1Nc1ncc2c(n1)N(C1CCCC1)CC(F)(F)C(=O)N2C. The summed E-state index contributed by atoms with van der Waals surface area (Å²) >= 11 is 0. The van der Waals surface area contributed by atoms with Crippen LogP contribution < -0.4 is 35.4 Å². The zero-order valence-corrected chi connectivity index (χ0v) is 35.2. The number of likely N-dealkylation sites (tertiary alicyclic amines) is 1. The number of hydrogen-bond donors (Lipinski definition) is 3. The van der Waals surface area contributed by atoms with Crippen molar-refractivity contribution in [3.8, 4) is 5.75 Å². The maximum absolute atomic E-state index is 15.3. The summed E-state index contributed by atoms with van der Waals surface area (Å²) in [5.74, 6) is -5.22. The molecule has 3 saturated heterocycles. The number of nitrogens with one attached hydrogen (secondary N) is 3. The van der Waals surface area contributed by atoms with E-state index >= 15 is 13.2 Å². The molecule has 0 radical (unpaired) electrons. The fourth-order valence-corrected chi connectivity index (χ4v) is 10.4. The van der Waals surface area contributed by atoms with Crippen LogP contribution >= 0.6 is 0 Å². The average Bonchev–Trinajstić information content (AvgIpc) is 3.63. The van der Waals surface area contributed by atoms with Gasteiger partial charge in [-0.15, -0.1) is 0 Å². The summed E-state index contributed by atoms with van der Waals surface area (Å²) < 4.78 is 51.1. The van der Waals surface area contributed by atoms with Crippen LogP contribution in [0.4, 0.5) is 42.0 Å². The van der Waals surface area contributed by atoms with Gasteiger partial charge in [0.05, 0.1) is 37.1 Å². The van der Waals surface area contributed by atoms with Gasteiger partial charge in [0.25, 0.3) is 11.8 Å². The molecule has 5 heterocycles. The van der Waals surface area contributed by atoms with Gasteiger partial charge in [-0.1, -0.05) is 18.9 Å². The van der Waals surface area contributed by atoms with Crippen LogP contribution in [-0.2, 0) is 14.4 Å². The molecular formula is C45H54F3N9O5. The number of halogens is 3. The smallest absolute Gasteiger partial charge is 0.342 e. The highest BCUT2D eigenvalue weighted by Crippen LogP contribution is 2.54. The first-order valence-electron chi connectivity index (χ1n) is 22.0. The molecule has 4 aliphatic heterocycles. The average molecular weight is 858 g/mol. The highest BCUT2D eigenvalue weighted by atomic mass is 19.3. The number of carbonyl (C=O) groups is 4. The number of nitrogens with zero attached hydrogens (tertiary/aromatic N) is 6. The first-order chi connectivity index (χ1) is 29.8. The number of benzene rings is 2. The molecule has 1 aromatic heterocycles. The maximum atomic E-state index is 15.3. The lowest BCUT2D eigenvalue weighted by Crippen LogP contribution is -2.48. The Labute approximate surface area is 358 Å². The van der Waals surface area contributed by atoms with Crippen molar-refractivity contribution >= 4 is 52.5 Å². The lowest BCUT2D eigenvalue weighted by molar-refractivity contribution is -0.140. The molecule has 9 rings (SSSR count). The summed E-state index contributed by atoms with van der Waals surface area (Å²) in [6.45, 7) is 3.71. The topological polar surface area (TPSA) is 152 Å². The predicted octanol–water partition coefficient (Wildman–Crippen LogP) is 5.75. The molecule has 330 valence electrons. The third kappa shape index (κ3) is 8.27. The van der Waals surface area contributed by atoms with Crippen molar-refractivity contribution in [2.45, 2.75) is 94.6 Å². The number of fused-ring (bicyclic) bond motifs is 1. The van der Waals surface area contributed by atoms with E-state index in [9.17, 15) is 19.2 Å². The molecule has 3 aromatic rings. The van der Waals surface area contributed by atoms with Gasteiger partial charge in [0.1, 0.15) is 17.3 Å². The normalized spacial score (nSPS) is 24.1. The molecule has 2 aromatic carbocycles. The minimum Gasteiger partial charge on any atom is -0.495 e. The monoisotopic (exact) mass is 857 g/mol. The van der Waals surface area contributed by atoms with Gasteiger partial charge >= 0.3 is 5.92 Å². The van der Waals surface area contributed by atoms with Crippen LogP contribution in [0.5, 0.6) is 5.75 Å². The van der Waals surface area contributed by atoms with E-state index in [4.69, 9.17) is 4.74 Å². The minimum atomic E-state index is -3.58. The fraction of sp³-hybridized carbons (Fsp3) is 0.556. The fourth-order valence-electron chi connectivity index (χ4n) is 10.4. The van der Waals surface area contributed by atoms with E-state index in [0.29, 0.717) is 40.6 Å². The Balaban J connectivity index is 0.759. The predicted molar refractivity (Wildman–Crippen MR) is 227 cm³/mol. The number of carbonyl (C=O) groups excluding carboxylic acids is 4. The number of rotatable bonds is 10. The molecule has 17 heteroatoms. The van der Waals surface area contributed by atoms with Gasteiger partial charge in [0.15, 0.2) is 5.82 Å². The van der Waals surface area contributed by atoms with Crippen molar-refractivity contribution in [3.63, 3.8) is 0 Å². The van der Waals surface area contributed by atoms with Crippen molar-refractivity contribution in [2.24, 2.45) is 11.3 Å². The number of aromatic nitrogens is 2. The maximum Gasteiger partial charge on any atom is 0.342 e. The quantitative estimate of drug-likeness (QED) is 0.214. The standard InChI is InChI=1S/C45H54F3N9O5/c1-54-35-24-49-43(53-39(35)57(30-5-3-4-6-30)26-45(47,48)42(54)61)50-33-10-7-29(22-36(33)62-2)40(59)51-37-23-44(37)15-19-55(20-16-44)25-27-13-17-56(18-14-27)34-11-8-28(21-32(34)46)31-9-12-38(58)52-41(31)60/h7-8,10-11,21-22,24,27,30-31,37H,3-6,9,12-20,23,25-26H2,1-2H3,(H,51,59)(H,49,50,53)(H,52,58,60).